The Bertz CT molecular complexity index is 606. The Hall–Kier alpha value is -2.63. The lowest BCUT2D eigenvalue weighted by molar-refractivity contribution is 0.0694. The first kappa shape index (κ1) is 10.9. The highest BCUT2D eigenvalue weighted by molar-refractivity contribution is 5.90. The van der Waals surface area contributed by atoms with Crippen molar-refractivity contribution in [2.45, 2.75) is 0 Å². The molecule has 2 N–H and O–H groups in total. The van der Waals surface area contributed by atoms with Crippen LogP contribution >= 0.6 is 0 Å². The normalized spacial score (nSPS) is 9.88. The van der Waals surface area contributed by atoms with Crippen molar-refractivity contribution >= 4 is 5.97 Å². The minimum atomic E-state index is -1.13. The first-order chi connectivity index (χ1) is 8.18. The summed E-state index contributed by atoms with van der Waals surface area (Å²) in [5.41, 5.74) is -0.551. The molecule has 0 unspecified atom stereocenters. The van der Waals surface area contributed by atoms with Crippen LogP contribution in [0.2, 0.25) is 0 Å². The van der Waals surface area contributed by atoms with E-state index in [1.165, 1.54) is 24.5 Å². The van der Waals surface area contributed by atoms with Gasteiger partial charge >= 0.3 is 11.5 Å². The zero-order valence-electron chi connectivity index (χ0n) is 8.58. The van der Waals surface area contributed by atoms with Crippen molar-refractivity contribution in [3.63, 3.8) is 0 Å². The predicted molar refractivity (Wildman–Crippen MR) is 58.3 cm³/mol. The molecule has 0 atom stereocenters. The van der Waals surface area contributed by atoms with Crippen molar-refractivity contribution in [1.29, 1.82) is 0 Å². The third-order valence-corrected chi connectivity index (χ3v) is 2.00. The van der Waals surface area contributed by atoms with Crippen molar-refractivity contribution in [2.75, 3.05) is 0 Å². The van der Waals surface area contributed by atoms with Crippen LogP contribution < -0.4 is 10.3 Å². The van der Waals surface area contributed by atoms with E-state index in [9.17, 15) is 9.59 Å². The number of benzene rings is 1. The molecular formula is C11H8N2O4. The van der Waals surface area contributed by atoms with E-state index < -0.39 is 11.5 Å². The van der Waals surface area contributed by atoms with Gasteiger partial charge in [0.05, 0.1) is 0 Å². The van der Waals surface area contributed by atoms with Gasteiger partial charge in [-0.1, -0.05) is 12.1 Å². The van der Waals surface area contributed by atoms with E-state index in [1.54, 1.807) is 12.1 Å². The Balaban J connectivity index is 2.40. The van der Waals surface area contributed by atoms with Gasteiger partial charge in [-0.15, -0.1) is 0 Å². The number of carboxylic acids is 1. The number of aromatic nitrogens is 2. The zero-order valence-corrected chi connectivity index (χ0v) is 8.58. The number of H-pyrrole nitrogens is 1. The molecule has 86 valence electrons. The molecule has 0 fully saturated rings. The van der Waals surface area contributed by atoms with Crippen LogP contribution in [0.5, 0.6) is 11.6 Å². The van der Waals surface area contributed by atoms with Gasteiger partial charge in [0.1, 0.15) is 11.3 Å². The minimum Gasteiger partial charge on any atom is -0.478 e. The maximum absolute atomic E-state index is 11.3. The number of aromatic carboxylic acids is 1. The summed E-state index contributed by atoms with van der Waals surface area (Å²) in [7, 11) is 0. The number of para-hydroxylation sites is 1. The van der Waals surface area contributed by atoms with E-state index in [-0.39, 0.29) is 17.2 Å². The fraction of sp³-hybridized carbons (Fsp3) is 0. The lowest BCUT2D eigenvalue weighted by Gasteiger charge is -2.05. The van der Waals surface area contributed by atoms with E-state index in [4.69, 9.17) is 9.84 Å². The number of nitrogens with one attached hydrogen (secondary N) is 1. The summed E-state index contributed by atoms with van der Waals surface area (Å²) in [6.45, 7) is 0. The molecule has 2 rings (SSSR count). The fourth-order valence-electron chi connectivity index (χ4n) is 1.25. The summed E-state index contributed by atoms with van der Waals surface area (Å²) in [5, 5.41) is 8.93. The number of rotatable bonds is 3. The van der Waals surface area contributed by atoms with Crippen LogP contribution in [0.1, 0.15) is 10.4 Å². The predicted octanol–water partition coefficient (Wildman–Crippen LogP) is 1.26. The number of nitrogens with zero attached hydrogens (tertiary/aromatic N) is 1. The second-order valence-corrected chi connectivity index (χ2v) is 3.13. The molecule has 0 aliphatic carbocycles. The summed E-state index contributed by atoms with van der Waals surface area (Å²) in [6, 6.07) is 6.02. The van der Waals surface area contributed by atoms with Crippen LogP contribution in [0.3, 0.4) is 0 Å². The maximum Gasteiger partial charge on any atom is 0.339 e. The Kier molecular flexibility index (Phi) is 2.87. The molecular weight excluding hydrogens is 224 g/mol. The molecule has 0 radical (unpaired) electrons. The van der Waals surface area contributed by atoms with Gasteiger partial charge in [0.25, 0.3) is 5.88 Å². The number of hydrogen-bond donors (Lipinski definition) is 2. The SMILES string of the molecule is O=C(O)c1ccccc1Oc1ncc[nH]c1=O. The van der Waals surface area contributed by atoms with Crippen LogP contribution in [0.15, 0.2) is 41.5 Å². The number of ether oxygens (including phenoxy) is 1. The highest BCUT2D eigenvalue weighted by Crippen LogP contribution is 2.21. The maximum atomic E-state index is 11.3. The molecule has 0 saturated carbocycles. The quantitative estimate of drug-likeness (QED) is 0.831. The van der Waals surface area contributed by atoms with Gasteiger partial charge in [-0.3, -0.25) is 4.79 Å². The number of carbonyl (C=O) groups is 1. The number of carboxylic acid groups (broad SMARTS) is 1. The second-order valence-electron chi connectivity index (χ2n) is 3.13. The highest BCUT2D eigenvalue weighted by Gasteiger charge is 2.12. The summed E-state index contributed by atoms with van der Waals surface area (Å²) < 4.78 is 5.17. The molecule has 0 spiro atoms. The van der Waals surface area contributed by atoms with Crippen LogP contribution in [0.4, 0.5) is 0 Å². The van der Waals surface area contributed by atoms with Crippen LogP contribution in [0.25, 0.3) is 0 Å². The largest absolute Gasteiger partial charge is 0.478 e. The van der Waals surface area contributed by atoms with Gasteiger partial charge in [0, 0.05) is 12.4 Å². The molecule has 0 bridgehead atoms. The van der Waals surface area contributed by atoms with Crippen LogP contribution in [0, 0.1) is 0 Å². The summed E-state index contributed by atoms with van der Waals surface area (Å²) in [4.78, 5) is 28.3. The number of hydrogen-bond acceptors (Lipinski definition) is 4. The van der Waals surface area contributed by atoms with Gasteiger partial charge in [-0.2, -0.15) is 0 Å². The summed E-state index contributed by atoms with van der Waals surface area (Å²) in [5.74, 6) is -1.25. The molecule has 6 heteroatoms. The van der Waals surface area contributed by atoms with E-state index in [2.05, 4.69) is 9.97 Å². The average Bonchev–Trinajstić information content (AvgIpc) is 2.32. The first-order valence-corrected chi connectivity index (χ1v) is 4.72. The molecule has 0 amide bonds. The second kappa shape index (κ2) is 4.48. The van der Waals surface area contributed by atoms with Crippen molar-refractivity contribution < 1.29 is 14.6 Å². The topological polar surface area (TPSA) is 92.3 Å². The minimum absolute atomic E-state index is 0.0300. The number of aromatic amines is 1. The summed E-state index contributed by atoms with van der Waals surface area (Å²) in [6.07, 6.45) is 2.71. The first-order valence-electron chi connectivity index (χ1n) is 4.72. The van der Waals surface area contributed by atoms with E-state index >= 15 is 0 Å². The van der Waals surface area contributed by atoms with Crippen LogP contribution in [-0.4, -0.2) is 21.0 Å². The van der Waals surface area contributed by atoms with Gasteiger partial charge in [-0.25, -0.2) is 9.78 Å². The molecule has 1 aromatic carbocycles. The van der Waals surface area contributed by atoms with Crippen LogP contribution in [-0.2, 0) is 0 Å². The summed E-state index contributed by atoms with van der Waals surface area (Å²) >= 11 is 0. The molecule has 6 nitrogen and oxygen atoms in total. The van der Waals surface area contributed by atoms with Crippen molar-refractivity contribution in [3.05, 3.63) is 52.6 Å². The van der Waals surface area contributed by atoms with Gasteiger partial charge in [0.2, 0.25) is 0 Å². The highest BCUT2D eigenvalue weighted by atomic mass is 16.5. The van der Waals surface area contributed by atoms with Gasteiger partial charge in [-0.05, 0) is 12.1 Å². The molecule has 17 heavy (non-hydrogen) atoms. The average molecular weight is 232 g/mol. The standard InChI is InChI=1S/C11H8N2O4/c14-9-10(13-6-5-12-9)17-8-4-2-1-3-7(8)11(15)16/h1-6H,(H,12,14)(H,15,16). The fourth-order valence-corrected chi connectivity index (χ4v) is 1.25. The molecule has 2 aromatic rings. The third kappa shape index (κ3) is 2.31. The van der Waals surface area contributed by atoms with Gasteiger partial charge in [0.15, 0.2) is 0 Å². The molecule has 0 aliphatic rings. The molecule has 0 saturated heterocycles. The Morgan fingerprint density at radius 1 is 1.35 bits per heavy atom. The molecule has 1 aromatic heterocycles. The van der Waals surface area contributed by atoms with E-state index in [1.807, 2.05) is 0 Å². The lowest BCUT2D eigenvalue weighted by Crippen LogP contribution is -2.10. The Labute approximate surface area is 95.5 Å². The van der Waals surface area contributed by atoms with Crippen molar-refractivity contribution in [1.82, 2.24) is 9.97 Å². The zero-order chi connectivity index (χ0) is 12.3. The Morgan fingerprint density at radius 2 is 2.12 bits per heavy atom. The van der Waals surface area contributed by atoms with Crippen molar-refractivity contribution in [3.8, 4) is 11.6 Å². The smallest absolute Gasteiger partial charge is 0.339 e. The van der Waals surface area contributed by atoms with Gasteiger partial charge < -0.3 is 14.8 Å². The lowest BCUT2D eigenvalue weighted by atomic mass is 10.2. The third-order valence-electron chi connectivity index (χ3n) is 2.00. The molecule has 0 aliphatic heterocycles. The van der Waals surface area contributed by atoms with E-state index in [0.29, 0.717) is 0 Å². The Morgan fingerprint density at radius 3 is 2.82 bits per heavy atom. The molecule has 1 heterocycles. The van der Waals surface area contributed by atoms with E-state index in [0.717, 1.165) is 0 Å². The monoisotopic (exact) mass is 232 g/mol. The van der Waals surface area contributed by atoms with Crippen molar-refractivity contribution in [2.24, 2.45) is 0 Å².